The second kappa shape index (κ2) is 7.84. The second-order valence-electron chi connectivity index (χ2n) is 3.93. The van der Waals surface area contributed by atoms with Crippen LogP contribution in [0, 0.1) is 0 Å². The summed E-state index contributed by atoms with van der Waals surface area (Å²) in [5, 5.41) is 0. The molecule has 0 saturated carbocycles. The fourth-order valence-corrected chi connectivity index (χ4v) is 1.41. The maximum atomic E-state index is 12.0. The van der Waals surface area contributed by atoms with E-state index in [1.54, 1.807) is 20.8 Å². The van der Waals surface area contributed by atoms with Crippen LogP contribution in [0.15, 0.2) is 0 Å². The number of hydrogen-bond acceptors (Lipinski definition) is 5. The van der Waals surface area contributed by atoms with Crippen molar-refractivity contribution in [3.8, 4) is 0 Å². The zero-order valence-electron chi connectivity index (χ0n) is 11.6. The first-order valence-electron chi connectivity index (χ1n) is 6.42. The van der Waals surface area contributed by atoms with E-state index in [-0.39, 0.29) is 31.5 Å². The van der Waals surface area contributed by atoms with Crippen molar-refractivity contribution in [2.24, 2.45) is 0 Å². The summed E-state index contributed by atoms with van der Waals surface area (Å²) in [7, 11) is 0. The van der Waals surface area contributed by atoms with Crippen LogP contribution < -0.4 is 0 Å². The van der Waals surface area contributed by atoms with Crippen molar-refractivity contribution < 1.29 is 23.9 Å². The minimum absolute atomic E-state index is 0.128. The lowest BCUT2D eigenvalue weighted by Gasteiger charge is -2.30. The summed E-state index contributed by atoms with van der Waals surface area (Å²) < 4.78 is 10.2. The Bertz CT molecular complexity index is 291. The van der Waals surface area contributed by atoms with Crippen LogP contribution in [0.3, 0.4) is 0 Å². The first-order chi connectivity index (χ1) is 8.45. The summed E-state index contributed by atoms with van der Waals surface area (Å²) in [6.45, 7) is 6.73. The Hall–Kier alpha value is -1.39. The van der Waals surface area contributed by atoms with Gasteiger partial charge in [-0.3, -0.25) is 14.4 Å². The Morgan fingerprint density at radius 1 is 0.889 bits per heavy atom. The van der Waals surface area contributed by atoms with E-state index in [0.717, 1.165) is 0 Å². The summed E-state index contributed by atoms with van der Waals surface area (Å²) >= 11 is 0. The number of ketones is 1. The van der Waals surface area contributed by atoms with Gasteiger partial charge in [0, 0.05) is 25.7 Å². The fraction of sp³-hybridized carbons (Fsp3) is 0.769. The number of hydrogen-bond donors (Lipinski definition) is 0. The van der Waals surface area contributed by atoms with Crippen LogP contribution >= 0.6 is 0 Å². The van der Waals surface area contributed by atoms with E-state index in [1.165, 1.54) is 0 Å². The van der Waals surface area contributed by atoms with Gasteiger partial charge >= 0.3 is 17.7 Å². The molecule has 0 heterocycles. The normalized spacial score (nSPS) is 10.9. The summed E-state index contributed by atoms with van der Waals surface area (Å²) in [6, 6.07) is 0. The van der Waals surface area contributed by atoms with Gasteiger partial charge in [-0.05, 0) is 6.42 Å². The van der Waals surface area contributed by atoms with Crippen molar-refractivity contribution >= 4 is 17.7 Å². The summed E-state index contributed by atoms with van der Waals surface area (Å²) in [6.07, 6.45) is 1.20. The van der Waals surface area contributed by atoms with Gasteiger partial charge in [0.25, 0.3) is 0 Å². The van der Waals surface area contributed by atoms with Crippen LogP contribution in [0.1, 0.15) is 59.8 Å². The lowest BCUT2D eigenvalue weighted by molar-refractivity contribution is -0.226. The molecule has 0 atom stereocenters. The van der Waals surface area contributed by atoms with Crippen LogP contribution in [0.25, 0.3) is 0 Å². The molecule has 0 amide bonds. The van der Waals surface area contributed by atoms with Crippen LogP contribution in [0.2, 0.25) is 0 Å². The number of Topliss-reactive ketones (excluding diaryl/α,β-unsaturated/α-hetero) is 1. The summed E-state index contributed by atoms with van der Waals surface area (Å²) in [5.41, 5.74) is 0. The molecule has 5 nitrogen and oxygen atoms in total. The van der Waals surface area contributed by atoms with Gasteiger partial charge in [-0.15, -0.1) is 0 Å². The predicted octanol–water partition coefficient (Wildman–Crippen LogP) is 2.37. The minimum atomic E-state index is -1.74. The van der Waals surface area contributed by atoms with E-state index in [4.69, 9.17) is 9.47 Å². The van der Waals surface area contributed by atoms with Crippen LogP contribution in [0.4, 0.5) is 0 Å². The van der Waals surface area contributed by atoms with E-state index in [2.05, 4.69) is 0 Å². The molecule has 0 aromatic rings. The number of esters is 2. The molecule has 0 aromatic carbocycles. The van der Waals surface area contributed by atoms with Crippen LogP contribution in [-0.2, 0) is 23.9 Å². The predicted molar refractivity (Wildman–Crippen MR) is 65.7 cm³/mol. The van der Waals surface area contributed by atoms with Crippen LogP contribution in [-0.4, -0.2) is 23.5 Å². The van der Waals surface area contributed by atoms with Gasteiger partial charge in [-0.25, -0.2) is 0 Å². The molecule has 0 aromatic heterocycles. The number of rotatable bonds is 8. The van der Waals surface area contributed by atoms with Crippen LogP contribution in [0.5, 0.6) is 0 Å². The van der Waals surface area contributed by atoms with Gasteiger partial charge in [0.1, 0.15) is 0 Å². The smallest absolute Gasteiger partial charge is 0.316 e. The lowest BCUT2D eigenvalue weighted by Crippen LogP contribution is -2.46. The lowest BCUT2D eigenvalue weighted by atomic mass is 10.0. The van der Waals surface area contributed by atoms with Gasteiger partial charge < -0.3 is 9.47 Å². The van der Waals surface area contributed by atoms with Crippen molar-refractivity contribution in [2.75, 3.05) is 0 Å². The molecule has 0 saturated heterocycles. The zero-order valence-corrected chi connectivity index (χ0v) is 11.6. The van der Waals surface area contributed by atoms with Gasteiger partial charge in [0.2, 0.25) is 5.78 Å². The monoisotopic (exact) mass is 258 g/mol. The molecule has 5 heteroatoms. The molecule has 0 aliphatic carbocycles. The van der Waals surface area contributed by atoms with Gasteiger partial charge in [0.05, 0.1) is 0 Å². The fourth-order valence-electron chi connectivity index (χ4n) is 1.41. The molecule has 104 valence electrons. The Kier molecular flexibility index (Phi) is 7.24. The minimum Gasteiger partial charge on any atom is -0.415 e. The highest BCUT2D eigenvalue weighted by molar-refractivity contribution is 5.90. The highest BCUT2D eigenvalue weighted by atomic mass is 16.7. The van der Waals surface area contributed by atoms with E-state index in [9.17, 15) is 14.4 Å². The van der Waals surface area contributed by atoms with E-state index in [1.807, 2.05) is 6.92 Å². The van der Waals surface area contributed by atoms with E-state index >= 15 is 0 Å². The Morgan fingerprint density at radius 3 is 1.61 bits per heavy atom. The molecule has 0 bridgehead atoms. The standard InChI is InChI=1S/C13H22O5/c1-5-9-10(14)13(8-4,17-11(15)6-2)18-12(16)7-3/h5-9H2,1-4H3. The highest BCUT2D eigenvalue weighted by Crippen LogP contribution is 2.23. The number of carbonyl (C=O) groups excluding carboxylic acids is 3. The molecular formula is C13H22O5. The molecule has 0 spiro atoms. The molecule has 0 radical (unpaired) electrons. The molecule has 0 N–H and O–H groups in total. The first kappa shape index (κ1) is 16.6. The third-order valence-electron chi connectivity index (χ3n) is 2.50. The molecule has 0 aliphatic rings. The third kappa shape index (κ3) is 4.47. The zero-order chi connectivity index (χ0) is 14.2. The summed E-state index contributed by atoms with van der Waals surface area (Å²) in [4.78, 5) is 34.8. The van der Waals surface area contributed by atoms with Gasteiger partial charge in [-0.2, -0.15) is 0 Å². The van der Waals surface area contributed by atoms with Crippen molar-refractivity contribution in [3.05, 3.63) is 0 Å². The van der Waals surface area contributed by atoms with Crippen molar-refractivity contribution in [2.45, 2.75) is 65.6 Å². The van der Waals surface area contributed by atoms with Crippen molar-refractivity contribution in [1.29, 1.82) is 0 Å². The molecule has 0 unspecified atom stereocenters. The molecular weight excluding hydrogens is 236 g/mol. The van der Waals surface area contributed by atoms with E-state index in [0.29, 0.717) is 6.42 Å². The van der Waals surface area contributed by atoms with E-state index < -0.39 is 17.7 Å². The van der Waals surface area contributed by atoms with Crippen molar-refractivity contribution in [3.63, 3.8) is 0 Å². The molecule has 0 aliphatic heterocycles. The second-order valence-corrected chi connectivity index (χ2v) is 3.93. The third-order valence-corrected chi connectivity index (χ3v) is 2.50. The Morgan fingerprint density at radius 2 is 1.33 bits per heavy atom. The summed E-state index contributed by atoms with van der Waals surface area (Å²) in [5.74, 6) is -3.21. The SMILES string of the molecule is CCCC(=O)C(CC)(OC(=O)CC)OC(=O)CC. The quantitative estimate of drug-likeness (QED) is 0.494. The molecule has 0 rings (SSSR count). The number of carbonyl (C=O) groups is 3. The largest absolute Gasteiger partial charge is 0.415 e. The average Bonchev–Trinajstić information content (AvgIpc) is 2.37. The Labute approximate surface area is 108 Å². The first-order valence-corrected chi connectivity index (χ1v) is 6.42. The van der Waals surface area contributed by atoms with Crippen molar-refractivity contribution in [1.82, 2.24) is 0 Å². The number of ether oxygens (including phenoxy) is 2. The molecule has 18 heavy (non-hydrogen) atoms. The molecule has 0 fully saturated rings. The van der Waals surface area contributed by atoms with Gasteiger partial charge in [-0.1, -0.05) is 27.7 Å². The topological polar surface area (TPSA) is 69.7 Å². The highest BCUT2D eigenvalue weighted by Gasteiger charge is 2.43. The average molecular weight is 258 g/mol. The maximum absolute atomic E-state index is 12.0. The Balaban J connectivity index is 5.11. The van der Waals surface area contributed by atoms with Gasteiger partial charge in [0.15, 0.2) is 0 Å². The maximum Gasteiger partial charge on any atom is 0.316 e.